The third-order valence-electron chi connectivity index (χ3n) is 4.45. The Morgan fingerprint density at radius 2 is 1.86 bits per heavy atom. The highest BCUT2D eigenvalue weighted by Crippen LogP contribution is 2.38. The van der Waals surface area contributed by atoms with Crippen LogP contribution in [0.25, 0.3) is 0 Å². The summed E-state index contributed by atoms with van der Waals surface area (Å²) >= 11 is 3.56. The molecule has 2 N–H and O–H groups in total. The second kappa shape index (κ2) is 9.24. The van der Waals surface area contributed by atoms with E-state index in [2.05, 4.69) is 42.0 Å². The van der Waals surface area contributed by atoms with Gasteiger partial charge in [-0.25, -0.2) is 0 Å². The van der Waals surface area contributed by atoms with Crippen molar-refractivity contribution < 1.29 is 24.1 Å². The quantitative estimate of drug-likeness (QED) is 0.637. The maximum atomic E-state index is 10.6. The number of nitrogens with one attached hydrogen (secondary N) is 1. The van der Waals surface area contributed by atoms with Gasteiger partial charge in [0.05, 0.1) is 11.6 Å². The van der Waals surface area contributed by atoms with E-state index in [-0.39, 0.29) is 12.1 Å². The van der Waals surface area contributed by atoms with Crippen molar-refractivity contribution in [2.45, 2.75) is 39.0 Å². The van der Waals surface area contributed by atoms with Gasteiger partial charge in [0.25, 0.3) is 0 Å². The highest BCUT2D eigenvalue weighted by molar-refractivity contribution is 9.10. The lowest BCUT2D eigenvalue weighted by Gasteiger charge is -2.22. The van der Waals surface area contributed by atoms with Crippen molar-refractivity contribution >= 4 is 15.9 Å². The van der Waals surface area contributed by atoms with Gasteiger partial charge in [-0.15, -0.1) is 0 Å². The van der Waals surface area contributed by atoms with E-state index in [4.69, 9.17) is 18.9 Å². The zero-order valence-electron chi connectivity index (χ0n) is 17.3. The van der Waals surface area contributed by atoms with Crippen molar-refractivity contribution in [3.05, 3.63) is 45.9 Å². The summed E-state index contributed by atoms with van der Waals surface area (Å²) in [5.74, 6) is 2.50. The van der Waals surface area contributed by atoms with Crippen molar-refractivity contribution in [2.24, 2.45) is 0 Å². The average molecular weight is 466 g/mol. The summed E-state index contributed by atoms with van der Waals surface area (Å²) in [5.41, 5.74) is 1.79. The number of methoxy groups -OCH3 is 1. The molecule has 0 amide bonds. The Balaban J connectivity index is 1.69. The Kier molecular flexibility index (Phi) is 6.93. The van der Waals surface area contributed by atoms with Gasteiger partial charge in [0, 0.05) is 12.1 Å². The van der Waals surface area contributed by atoms with E-state index >= 15 is 0 Å². The van der Waals surface area contributed by atoms with Gasteiger partial charge in [0.1, 0.15) is 25.9 Å². The molecule has 0 spiro atoms. The van der Waals surface area contributed by atoms with Crippen LogP contribution in [0.3, 0.4) is 0 Å². The van der Waals surface area contributed by atoms with Gasteiger partial charge in [-0.2, -0.15) is 0 Å². The van der Waals surface area contributed by atoms with E-state index in [9.17, 15) is 5.11 Å². The van der Waals surface area contributed by atoms with E-state index in [1.54, 1.807) is 19.2 Å². The first kappa shape index (κ1) is 21.7. The van der Waals surface area contributed by atoms with E-state index in [1.807, 2.05) is 18.2 Å². The van der Waals surface area contributed by atoms with Crippen LogP contribution in [-0.4, -0.2) is 37.6 Å². The molecule has 6 nitrogen and oxygen atoms in total. The molecule has 0 aromatic heterocycles. The third-order valence-corrected chi connectivity index (χ3v) is 5.04. The molecule has 1 atom stereocenters. The number of hydrogen-bond donors (Lipinski definition) is 2. The molecule has 7 heteroatoms. The van der Waals surface area contributed by atoms with Crippen molar-refractivity contribution in [2.75, 3.05) is 26.9 Å². The molecule has 29 heavy (non-hydrogen) atoms. The summed E-state index contributed by atoms with van der Waals surface area (Å²) < 4.78 is 23.3. The summed E-state index contributed by atoms with van der Waals surface area (Å²) in [6, 6.07) is 9.34. The molecule has 0 saturated carbocycles. The molecule has 1 unspecified atom stereocenters. The van der Waals surface area contributed by atoms with Gasteiger partial charge in [0.15, 0.2) is 23.0 Å². The van der Waals surface area contributed by atoms with Crippen LogP contribution in [0.4, 0.5) is 0 Å². The molecule has 0 bridgehead atoms. The van der Waals surface area contributed by atoms with Crippen molar-refractivity contribution in [1.29, 1.82) is 0 Å². The number of halogens is 1. The van der Waals surface area contributed by atoms with Crippen LogP contribution in [0.1, 0.15) is 38.0 Å². The first-order valence-electron chi connectivity index (χ1n) is 9.58. The lowest BCUT2D eigenvalue weighted by atomic mass is 10.1. The predicted octanol–water partition coefficient (Wildman–Crippen LogP) is 4.23. The second-order valence-corrected chi connectivity index (χ2v) is 8.80. The minimum absolute atomic E-state index is 0.0165. The third kappa shape index (κ3) is 5.78. The standard InChI is InChI=1S/C22H28BrNO5/c1-22(2,3)24-12-14-9-16(23)21(20(10-14)26-4)29-13-17(25)15-5-6-18-19(11-15)28-8-7-27-18/h5-6,9-11,17,24-25H,7-8,12-13H2,1-4H3. The first-order valence-corrected chi connectivity index (χ1v) is 10.4. The highest BCUT2D eigenvalue weighted by Gasteiger charge is 2.18. The van der Waals surface area contributed by atoms with E-state index in [0.717, 1.165) is 10.0 Å². The Bertz CT molecular complexity index is 850. The number of aliphatic hydroxyl groups is 1. The van der Waals surface area contributed by atoms with E-state index in [1.165, 1.54) is 0 Å². The summed E-state index contributed by atoms with van der Waals surface area (Å²) in [6.07, 6.45) is -0.815. The van der Waals surface area contributed by atoms with Crippen LogP contribution >= 0.6 is 15.9 Å². The summed E-state index contributed by atoms with van der Waals surface area (Å²) in [7, 11) is 1.60. The molecule has 1 aliphatic heterocycles. The van der Waals surface area contributed by atoms with Gasteiger partial charge in [-0.1, -0.05) is 6.07 Å². The summed E-state index contributed by atoms with van der Waals surface area (Å²) in [4.78, 5) is 0. The molecular formula is C22H28BrNO5. The number of fused-ring (bicyclic) bond motifs is 1. The summed E-state index contributed by atoms with van der Waals surface area (Å²) in [6.45, 7) is 8.19. The lowest BCUT2D eigenvalue weighted by molar-refractivity contribution is 0.105. The lowest BCUT2D eigenvalue weighted by Crippen LogP contribution is -2.35. The minimum Gasteiger partial charge on any atom is -0.493 e. The molecular weight excluding hydrogens is 438 g/mol. The number of hydrogen-bond acceptors (Lipinski definition) is 6. The monoisotopic (exact) mass is 465 g/mol. The van der Waals surface area contributed by atoms with E-state index < -0.39 is 6.10 Å². The SMILES string of the molecule is COc1cc(CNC(C)(C)C)cc(Br)c1OCC(O)c1ccc2c(c1)OCCO2. The van der Waals surface area contributed by atoms with Gasteiger partial charge in [0.2, 0.25) is 0 Å². The van der Waals surface area contributed by atoms with Crippen LogP contribution in [-0.2, 0) is 6.54 Å². The normalized spacial score (nSPS) is 14.4. The zero-order chi connectivity index (χ0) is 21.0. The van der Waals surface area contributed by atoms with Crippen molar-refractivity contribution in [1.82, 2.24) is 5.32 Å². The Morgan fingerprint density at radius 1 is 1.14 bits per heavy atom. The van der Waals surface area contributed by atoms with Crippen LogP contribution in [0.15, 0.2) is 34.8 Å². The Labute approximate surface area is 180 Å². The van der Waals surface area contributed by atoms with Crippen LogP contribution in [0.2, 0.25) is 0 Å². The molecule has 158 valence electrons. The topological polar surface area (TPSA) is 69.2 Å². The van der Waals surface area contributed by atoms with Gasteiger partial charge >= 0.3 is 0 Å². The molecule has 0 saturated heterocycles. The number of rotatable bonds is 7. The molecule has 0 aliphatic carbocycles. The number of aliphatic hydroxyl groups excluding tert-OH is 1. The van der Waals surface area contributed by atoms with Gasteiger partial charge in [-0.05, 0) is 72.1 Å². The molecule has 1 heterocycles. The molecule has 2 aromatic rings. The summed E-state index contributed by atoms with van der Waals surface area (Å²) in [5, 5.41) is 14.0. The fraction of sp³-hybridized carbons (Fsp3) is 0.455. The maximum absolute atomic E-state index is 10.6. The van der Waals surface area contributed by atoms with Crippen molar-refractivity contribution in [3.63, 3.8) is 0 Å². The van der Waals surface area contributed by atoms with Gasteiger partial charge in [-0.3, -0.25) is 0 Å². The molecule has 3 rings (SSSR count). The van der Waals surface area contributed by atoms with Crippen LogP contribution < -0.4 is 24.3 Å². The minimum atomic E-state index is -0.815. The maximum Gasteiger partial charge on any atom is 0.175 e. The zero-order valence-corrected chi connectivity index (χ0v) is 18.8. The molecule has 2 aromatic carbocycles. The molecule has 0 radical (unpaired) electrons. The van der Waals surface area contributed by atoms with E-state index in [0.29, 0.717) is 48.3 Å². The highest BCUT2D eigenvalue weighted by atomic mass is 79.9. The second-order valence-electron chi connectivity index (χ2n) is 7.94. The Morgan fingerprint density at radius 3 is 2.55 bits per heavy atom. The largest absolute Gasteiger partial charge is 0.493 e. The van der Waals surface area contributed by atoms with Gasteiger partial charge < -0.3 is 29.4 Å². The Hall–Kier alpha value is -1.96. The molecule has 0 fully saturated rings. The smallest absolute Gasteiger partial charge is 0.175 e. The molecule has 1 aliphatic rings. The first-order chi connectivity index (χ1) is 13.8. The average Bonchev–Trinajstić information content (AvgIpc) is 2.69. The fourth-order valence-electron chi connectivity index (χ4n) is 2.91. The van der Waals surface area contributed by atoms with Crippen molar-refractivity contribution in [3.8, 4) is 23.0 Å². The predicted molar refractivity (Wildman–Crippen MR) is 115 cm³/mol. The number of benzene rings is 2. The fourth-order valence-corrected chi connectivity index (χ4v) is 3.51. The number of ether oxygens (including phenoxy) is 4. The van der Waals surface area contributed by atoms with Crippen LogP contribution in [0, 0.1) is 0 Å². The van der Waals surface area contributed by atoms with Crippen LogP contribution in [0.5, 0.6) is 23.0 Å².